The predicted octanol–water partition coefficient (Wildman–Crippen LogP) is 2.89. The highest BCUT2D eigenvalue weighted by Crippen LogP contribution is 2.26. The molecule has 0 aliphatic rings. The van der Waals surface area contributed by atoms with Crippen molar-refractivity contribution in [2.75, 3.05) is 6.61 Å². The van der Waals surface area contributed by atoms with E-state index in [4.69, 9.17) is 4.74 Å². The number of hydrogen-bond donors (Lipinski definition) is 1. The largest absolute Gasteiger partial charge is 0.487 e. The minimum atomic E-state index is -1.02. The molecule has 18 heavy (non-hydrogen) atoms. The van der Waals surface area contributed by atoms with Crippen molar-refractivity contribution in [3.63, 3.8) is 0 Å². The zero-order valence-corrected chi connectivity index (χ0v) is 10.0. The molecule has 0 unspecified atom stereocenters. The molecule has 4 nitrogen and oxygen atoms in total. The first-order valence-corrected chi connectivity index (χ1v) is 5.48. The van der Waals surface area contributed by atoms with E-state index in [1.54, 1.807) is 18.2 Å². The summed E-state index contributed by atoms with van der Waals surface area (Å²) in [7, 11) is 0. The molecule has 0 saturated heterocycles. The van der Waals surface area contributed by atoms with E-state index in [-0.39, 0.29) is 17.9 Å². The molecule has 0 aliphatic carbocycles. The number of para-hydroxylation sites is 1. The minimum absolute atomic E-state index is 0.141. The first-order valence-electron chi connectivity index (χ1n) is 5.48. The van der Waals surface area contributed by atoms with Gasteiger partial charge < -0.3 is 9.84 Å². The summed E-state index contributed by atoms with van der Waals surface area (Å²) in [5, 5.41) is 9.87. The second kappa shape index (κ2) is 4.87. The lowest BCUT2D eigenvalue weighted by Gasteiger charge is -2.10. The molecule has 0 fully saturated rings. The number of pyridine rings is 1. The van der Waals surface area contributed by atoms with Crippen molar-refractivity contribution in [1.29, 1.82) is 0 Å². The Kier molecular flexibility index (Phi) is 3.28. The Labute approximate surface area is 105 Å². The average molecular weight is 243 g/mol. The molecule has 4 heteroatoms. The number of benzene rings is 1. The smallest absolute Gasteiger partial charge is 0.340 e. The van der Waals surface area contributed by atoms with E-state index in [0.717, 1.165) is 5.57 Å². The number of aromatic nitrogens is 1. The summed E-state index contributed by atoms with van der Waals surface area (Å²) < 4.78 is 5.43. The van der Waals surface area contributed by atoms with Crippen LogP contribution in [0.2, 0.25) is 0 Å². The molecule has 0 amide bonds. The second-order valence-corrected chi connectivity index (χ2v) is 4.07. The lowest BCUT2D eigenvalue weighted by Crippen LogP contribution is -2.06. The van der Waals surface area contributed by atoms with E-state index < -0.39 is 5.97 Å². The number of nitrogens with zero attached hydrogens (tertiary/aromatic N) is 1. The van der Waals surface area contributed by atoms with Gasteiger partial charge in [-0.2, -0.15) is 0 Å². The highest BCUT2D eigenvalue weighted by Gasteiger charge is 2.16. The first kappa shape index (κ1) is 12.1. The van der Waals surface area contributed by atoms with Gasteiger partial charge in [0.1, 0.15) is 12.2 Å². The zero-order chi connectivity index (χ0) is 13.1. The molecule has 0 saturated carbocycles. The minimum Gasteiger partial charge on any atom is -0.487 e. The maximum Gasteiger partial charge on any atom is 0.340 e. The van der Waals surface area contributed by atoms with E-state index in [1.807, 2.05) is 13.0 Å². The van der Waals surface area contributed by atoms with Gasteiger partial charge in [0, 0.05) is 5.39 Å². The van der Waals surface area contributed by atoms with E-state index in [0.29, 0.717) is 10.9 Å². The van der Waals surface area contributed by atoms with Gasteiger partial charge in [0.05, 0.1) is 11.7 Å². The number of carbonyl (C=O) groups is 1. The summed E-state index contributed by atoms with van der Waals surface area (Å²) in [5.74, 6) is -0.755. The van der Waals surface area contributed by atoms with Crippen molar-refractivity contribution in [3.05, 3.63) is 48.2 Å². The second-order valence-electron chi connectivity index (χ2n) is 4.07. The lowest BCUT2D eigenvalue weighted by molar-refractivity contribution is 0.0695. The van der Waals surface area contributed by atoms with Crippen molar-refractivity contribution >= 4 is 16.9 Å². The van der Waals surface area contributed by atoms with E-state index in [1.165, 1.54) is 6.20 Å². The fraction of sp³-hybridized carbons (Fsp3) is 0.143. The van der Waals surface area contributed by atoms with Gasteiger partial charge in [0.25, 0.3) is 0 Å². The van der Waals surface area contributed by atoms with Gasteiger partial charge in [0.2, 0.25) is 0 Å². The number of ether oxygens (including phenoxy) is 1. The molecular formula is C14H13NO3. The third-order valence-electron chi connectivity index (χ3n) is 2.43. The normalized spacial score (nSPS) is 10.3. The van der Waals surface area contributed by atoms with Crippen molar-refractivity contribution in [3.8, 4) is 5.75 Å². The van der Waals surface area contributed by atoms with Crippen molar-refractivity contribution in [1.82, 2.24) is 4.98 Å². The Morgan fingerprint density at radius 1 is 1.44 bits per heavy atom. The number of hydrogen-bond acceptors (Lipinski definition) is 3. The van der Waals surface area contributed by atoms with Crippen molar-refractivity contribution in [2.45, 2.75) is 6.92 Å². The van der Waals surface area contributed by atoms with Crippen LogP contribution in [0.25, 0.3) is 10.9 Å². The van der Waals surface area contributed by atoms with Crippen LogP contribution in [0.1, 0.15) is 17.3 Å². The number of carboxylic acids is 1. The Hall–Kier alpha value is -2.36. The molecule has 2 aromatic rings. The van der Waals surface area contributed by atoms with Gasteiger partial charge in [0.15, 0.2) is 5.75 Å². The number of aromatic carboxylic acids is 1. The molecule has 0 spiro atoms. The van der Waals surface area contributed by atoms with Crippen LogP contribution >= 0.6 is 0 Å². The molecule has 0 bridgehead atoms. The average Bonchev–Trinajstić information content (AvgIpc) is 2.35. The van der Waals surface area contributed by atoms with Crippen LogP contribution in [-0.4, -0.2) is 22.7 Å². The van der Waals surface area contributed by atoms with Gasteiger partial charge in [-0.15, -0.1) is 0 Å². The number of carboxylic acid groups (broad SMARTS) is 1. The molecule has 0 radical (unpaired) electrons. The monoisotopic (exact) mass is 243 g/mol. The third kappa shape index (κ3) is 2.32. The quantitative estimate of drug-likeness (QED) is 0.839. The van der Waals surface area contributed by atoms with Gasteiger partial charge in [-0.25, -0.2) is 4.79 Å². The summed E-state index contributed by atoms with van der Waals surface area (Å²) >= 11 is 0. The summed E-state index contributed by atoms with van der Waals surface area (Å²) in [4.78, 5) is 15.5. The van der Waals surface area contributed by atoms with E-state index in [2.05, 4.69) is 11.6 Å². The lowest BCUT2D eigenvalue weighted by atomic mass is 10.1. The molecule has 0 aliphatic heterocycles. The number of rotatable bonds is 4. The molecular weight excluding hydrogens is 230 g/mol. The molecule has 1 N–H and O–H groups in total. The maximum absolute atomic E-state index is 11.4. The Morgan fingerprint density at radius 2 is 2.17 bits per heavy atom. The van der Waals surface area contributed by atoms with Crippen LogP contribution in [0, 0.1) is 0 Å². The van der Waals surface area contributed by atoms with Crippen LogP contribution < -0.4 is 4.74 Å². The van der Waals surface area contributed by atoms with Crippen LogP contribution in [0.3, 0.4) is 0 Å². The molecule has 1 heterocycles. The zero-order valence-electron chi connectivity index (χ0n) is 10.0. The van der Waals surface area contributed by atoms with Crippen LogP contribution in [0.4, 0.5) is 0 Å². The summed E-state index contributed by atoms with van der Waals surface area (Å²) in [6.07, 6.45) is 1.44. The Balaban J connectivity index is 2.55. The number of fused-ring (bicyclic) bond motifs is 1. The standard InChI is InChI=1S/C14H13NO3/c1-9(2)8-18-12-7-15-11-6-4-3-5-10(11)13(12)14(16)17/h3-7H,1,8H2,2H3,(H,16,17). The fourth-order valence-electron chi connectivity index (χ4n) is 1.65. The third-order valence-corrected chi connectivity index (χ3v) is 2.43. The molecule has 2 rings (SSSR count). The Bertz CT molecular complexity index is 619. The SMILES string of the molecule is C=C(C)COc1cnc2ccccc2c1C(=O)O. The van der Waals surface area contributed by atoms with Crippen molar-refractivity contribution < 1.29 is 14.6 Å². The summed E-state index contributed by atoms with van der Waals surface area (Å²) in [6, 6.07) is 7.08. The van der Waals surface area contributed by atoms with Crippen LogP contribution in [-0.2, 0) is 0 Å². The summed E-state index contributed by atoms with van der Waals surface area (Å²) in [6.45, 7) is 5.81. The maximum atomic E-state index is 11.4. The van der Waals surface area contributed by atoms with E-state index in [9.17, 15) is 9.90 Å². The molecule has 1 aromatic carbocycles. The fourth-order valence-corrected chi connectivity index (χ4v) is 1.65. The molecule has 92 valence electrons. The predicted molar refractivity (Wildman–Crippen MR) is 69.0 cm³/mol. The van der Waals surface area contributed by atoms with Gasteiger partial charge in [-0.3, -0.25) is 4.98 Å². The Morgan fingerprint density at radius 3 is 2.83 bits per heavy atom. The highest BCUT2D eigenvalue weighted by molar-refractivity contribution is 6.04. The molecule has 1 aromatic heterocycles. The van der Waals surface area contributed by atoms with Gasteiger partial charge in [-0.05, 0) is 18.6 Å². The molecule has 0 atom stereocenters. The van der Waals surface area contributed by atoms with Crippen LogP contribution in [0.5, 0.6) is 5.75 Å². The summed E-state index contributed by atoms with van der Waals surface area (Å²) in [5.41, 5.74) is 1.60. The highest BCUT2D eigenvalue weighted by atomic mass is 16.5. The van der Waals surface area contributed by atoms with Gasteiger partial charge in [-0.1, -0.05) is 24.8 Å². The van der Waals surface area contributed by atoms with Crippen LogP contribution in [0.15, 0.2) is 42.6 Å². The topological polar surface area (TPSA) is 59.4 Å². The van der Waals surface area contributed by atoms with Gasteiger partial charge >= 0.3 is 5.97 Å². The van der Waals surface area contributed by atoms with Crippen molar-refractivity contribution in [2.24, 2.45) is 0 Å². The van der Waals surface area contributed by atoms with E-state index >= 15 is 0 Å². The first-order chi connectivity index (χ1) is 8.59.